The first-order valence-corrected chi connectivity index (χ1v) is 9.26. The van der Waals surface area contributed by atoms with Gasteiger partial charge in [0.05, 0.1) is 6.10 Å². The zero-order valence-corrected chi connectivity index (χ0v) is 15.5. The van der Waals surface area contributed by atoms with Crippen LogP contribution in [0.25, 0.3) is 5.57 Å². The molecule has 1 aromatic heterocycles. The van der Waals surface area contributed by atoms with Crippen LogP contribution in [-0.4, -0.2) is 46.7 Å². The number of likely N-dealkylation sites (tertiary alicyclic amines) is 1. The monoisotopic (exact) mass is 403 g/mol. The van der Waals surface area contributed by atoms with Crippen molar-refractivity contribution in [1.29, 1.82) is 0 Å². The maximum absolute atomic E-state index is 12.5. The van der Waals surface area contributed by atoms with Gasteiger partial charge in [-0.25, -0.2) is 0 Å². The van der Waals surface area contributed by atoms with Crippen LogP contribution in [0, 0.1) is 0 Å². The minimum atomic E-state index is -4.73. The Labute approximate surface area is 166 Å². The lowest BCUT2D eigenvalue weighted by atomic mass is 10.00. The summed E-state index contributed by atoms with van der Waals surface area (Å²) in [5.74, 6) is -0.265. The molecule has 2 aliphatic heterocycles. The number of halogens is 3. The summed E-state index contributed by atoms with van der Waals surface area (Å²) in [6.07, 6.45) is 4.60. The number of hydrogen-bond acceptors (Lipinski definition) is 5. The Morgan fingerprint density at radius 1 is 1.14 bits per heavy atom. The number of β-amino-alcohol motifs (C(OH)–C–C–N with tert-alkyl or cyclic N) is 1. The molecule has 0 saturated carbocycles. The molecule has 2 unspecified atom stereocenters. The van der Waals surface area contributed by atoms with Crippen molar-refractivity contribution in [3.63, 3.8) is 0 Å². The number of aliphatic hydroxyl groups is 1. The minimum Gasteiger partial charge on any atom is -0.406 e. The molecule has 29 heavy (non-hydrogen) atoms. The van der Waals surface area contributed by atoms with Gasteiger partial charge in [-0.1, -0.05) is 12.1 Å². The van der Waals surface area contributed by atoms with Crippen LogP contribution in [0.2, 0.25) is 0 Å². The summed E-state index contributed by atoms with van der Waals surface area (Å²) in [5.41, 5.74) is 2.67. The summed E-state index contributed by atoms with van der Waals surface area (Å²) >= 11 is 0. The van der Waals surface area contributed by atoms with Gasteiger partial charge in [-0.2, -0.15) is 0 Å². The maximum Gasteiger partial charge on any atom is 0.573 e. The Hall–Kier alpha value is -2.84. The third-order valence-electron chi connectivity index (χ3n) is 4.97. The van der Waals surface area contributed by atoms with Crippen molar-refractivity contribution in [2.24, 2.45) is 0 Å². The van der Waals surface area contributed by atoms with Crippen LogP contribution in [0.5, 0.6) is 5.75 Å². The molecule has 1 fully saturated rings. The van der Waals surface area contributed by atoms with E-state index in [1.54, 1.807) is 24.5 Å². The number of nitrogens with zero attached hydrogens (tertiary/aromatic N) is 3. The van der Waals surface area contributed by atoms with Gasteiger partial charge in [0.2, 0.25) is 0 Å². The van der Waals surface area contributed by atoms with E-state index < -0.39 is 12.5 Å². The average molecular weight is 403 g/mol. The van der Waals surface area contributed by atoms with Gasteiger partial charge in [-0.15, -0.1) is 13.2 Å². The van der Waals surface area contributed by atoms with E-state index in [1.165, 1.54) is 12.1 Å². The average Bonchev–Trinajstić information content (AvgIpc) is 3.13. The molecular formula is C21H20F3N3O2. The van der Waals surface area contributed by atoms with Crippen LogP contribution in [0.4, 0.5) is 18.9 Å². The topological polar surface area (TPSA) is 48.8 Å². The van der Waals surface area contributed by atoms with Crippen molar-refractivity contribution >= 4 is 11.3 Å². The number of benzene rings is 1. The third kappa shape index (κ3) is 4.44. The number of pyridine rings is 1. The molecule has 2 aliphatic rings. The van der Waals surface area contributed by atoms with Crippen LogP contribution in [0.3, 0.4) is 0 Å². The van der Waals surface area contributed by atoms with E-state index in [2.05, 4.69) is 14.6 Å². The lowest BCUT2D eigenvalue weighted by molar-refractivity contribution is -0.274. The van der Waals surface area contributed by atoms with Gasteiger partial charge < -0.3 is 14.7 Å². The van der Waals surface area contributed by atoms with Crippen LogP contribution in [-0.2, 0) is 0 Å². The van der Waals surface area contributed by atoms with Crippen molar-refractivity contribution in [3.8, 4) is 5.75 Å². The standard InChI is InChI=1S/C21H20F3N3O2/c22-21(23,24)29-18-7-5-16(6-8-18)27-11-2-4-19(15-3-1-10-25-13-15)20(27)26-12-9-17(28)14-26/h1-8,10-11,13,17,20,28H,9,12,14H2. The lowest BCUT2D eigenvalue weighted by Crippen LogP contribution is -2.47. The van der Waals surface area contributed by atoms with E-state index in [0.29, 0.717) is 19.5 Å². The lowest BCUT2D eigenvalue weighted by Gasteiger charge is -2.40. The number of anilines is 1. The van der Waals surface area contributed by atoms with Crippen molar-refractivity contribution in [2.45, 2.75) is 25.1 Å². The van der Waals surface area contributed by atoms with Crippen molar-refractivity contribution in [1.82, 2.24) is 9.88 Å². The number of hydrogen-bond donors (Lipinski definition) is 1. The molecule has 5 nitrogen and oxygen atoms in total. The summed E-state index contributed by atoms with van der Waals surface area (Å²) in [6, 6.07) is 9.62. The second-order valence-electron chi connectivity index (χ2n) is 6.97. The molecule has 0 spiro atoms. The highest BCUT2D eigenvalue weighted by atomic mass is 19.4. The number of alkyl halides is 3. The van der Waals surface area contributed by atoms with Crippen LogP contribution >= 0.6 is 0 Å². The highest BCUT2D eigenvalue weighted by molar-refractivity contribution is 5.76. The number of allylic oxidation sites excluding steroid dienone is 2. The zero-order chi connectivity index (χ0) is 20.4. The van der Waals surface area contributed by atoms with Crippen LogP contribution < -0.4 is 9.64 Å². The van der Waals surface area contributed by atoms with Gasteiger partial charge in [0, 0.05) is 37.4 Å². The van der Waals surface area contributed by atoms with Crippen LogP contribution in [0.15, 0.2) is 67.1 Å². The van der Waals surface area contributed by atoms with E-state index in [0.717, 1.165) is 16.8 Å². The molecule has 0 aliphatic carbocycles. The first kappa shape index (κ1) is 19.5. The first-order valence-electron chi connectivity index (χ1n) is 9.26. The van der Waals surface area contributed by atoms with Crippen LogP contribution in [0.1, 0.15) is 12.0 Å². The third-order valence-corrected chi connectivity index (χ3v) is 4.97. The van der Waals surface area contributed by atoms with E-state index in [9.17, 15) is 18.3 Å². The van der Waals surface area contributed by atoms with E-state index in [1.807, 2.05) is 35.4 Å². The molecule has 1 saturated heterocycles. The molecule has 2 atom stereocenters. The number of rotatable bonds is 4. The Balaban J connectivity index is 1.66. The number of aromatic nitrogens is 1. The van der Waals surface area contributed by atoms with Gasteiger partial charge in [0.1, 0.15) is 11.9 Å². The second kappa shape index (κ2) is 7.88. The SMILES string of the molecule is OC1CCN(C2C(c3cccnc3)=CC=CN2c2ccc(OC(F)(F)F)cc2)C1. The molecular weight excluding hydrogens is 383 g/mol. The molecule has 2 aromatic rings. The van der Waals surface area contributed by atoms with E-state index >= 15 is 0 Å². The molecule has 0 amide bonds. The number of ether oxygens (including phenoxy) is 1. The summed E-state index contributed by atoms with van der Waals surface area (Å²) in [4.78, 5) is 8.35. The van der Waals surface area contributed by atoms with Gasteiger partial charge in [0.25, 0.3) is 0 Å². The maximum atomic E-state index is 12.5. The highest BCUT2D eigenvalue weighted by Crippen LogP contribution is 2.35. The zero-order valence-electron chi connectivity index (χ0n) is 15.5. The van der Waals surface area contributed by atoms with Crippen molar-refractivity contribution in [3.05, 3.63) is 72.7 Å². The minimum absolute atomic E-state index is 0.212. The van der Waals surface area contributed by atoms with E-state index in [-0.39, 0.29) is 11.9 Å². The Morgan fingerprint density at radius 3 is 2.55 bits per heavy atom. The highest BCUT2D eigenvalue weighted by Gasteiger charge is 2.35. The predicted octanol–water partition coefficient (Wildman–Crippen LogP) is 3.79. The largest absolute Gasteiger partial charge is 0.573 e. The summed E-state index contributed by atoms with van der Waals surface area (Å²) in [5, 5.41) is 10.1. The molecule has 0 bridgehead atoms. The van der Waals surface area contributed by atoms with E-state index in [4.69, 9.17) is 0 Å². The Bertz CT molecular complexity index is 898. The molecule has 152 valence electrons. The second-order valence-corrected chi connectivity index (χ2v) is 6.97. The van der Waals surface area contributed by atoms with Crippen molar-refractivity contribution < 1.29 is 23.0 Å². The van der Waals surface area contributed by atoms with Gasteiger partial charge in [-0.3, -0.25) is 9.88 Å². The molecule has 1 N–H and O–H groups in total. The Kier molecular flexibility index (Phi) is 5.29. The Morgan fingerprint density at radius 2 is 1.93 bits per heavy atom. The molecule has 1 aromatic carbocycles. The first-order chi connectivity index (χ1) is 13.9. The fourth-order valence-electron chi connectivity index (χ4n) is 3.75. The summed E-state index contributed by atoms with van der Waals surface area (Å²) < 4.78 is 41.3. The summed E-state index contributed by atoms with van der Waals surface area (Å²) in [7, 11) is 0. The van der Waals surface area contributed by atoms with Gasteiger partial charge in [0.15, 0.2) is 0 Å². The number of aliphatic hydroxyl groups excluding tert-OH is 1. The molecule has 8 heteroatoms. The van der Waals surface area contributed by atoms with Gasteiger partial charge >= 0.3 is 6.36 Å². The van der Waals surface area contributed by atoms with Gasteiger partial charge in [-0.05, 0) is 54.0 Å². The quantitative estimate of drug-likeness (QED) is 0.842. The summed E-state index contributed by atoms with van der Waals surface area (Å²) in [6.45, 7) is 1.23. The predicted molar refractivity (Wildman–Crippen MR) is 103 cm³/mol. The molecule has 0 radical (unpaired) electrons. The molecule has 4 rings (SSSR count). The normalized spacial score (nSPS) is 22.6. The fourth-order valence-corrected chi connectivity index (χ4v) is 3.75. The smallest absolute Gasteiger partial charge is 0.406 e. The van der Waals surface area contributed by atoms with Crippen molar-refractivity contribution in [2.75, 3.05) is 18.0 Å². The fraction of sp³-hybridized carbons (Fsp3) is 0.286. The molecule has 3 heterocycles.